The zero-order valence-electron chi connectivity index (χ0n) is 14.2. The molecule has 3 N–H and O–H groups in total. The summed E-state index contributed by atoms with van der Waals surface area (Å²) >= 11 is 0. The largest absolute Gasteiger partial charge is 0.454 e. The Morgan fingerprint density at radius 1 is 1.19 bits per heavy atom. The summed E-state index contributed by atoms with van der Waals surface area (Å²) in [5, 5.41) is 12.2. The van der Waals surface area contributed by atoms with Crippen LogP contribution in [0.4, 0.5) is 5.95 Å². The van der Waals surface area contributed by atoms with E-state index in [1.165, 1.54) is 0 Å². The van der Waals surface area contributed by atoms with Crippen LogP contribution in [0.25, 0.3) is 11.0 Å². The third-order valence-corrected chi connectivity index (χ3v) is 4.34. The Balaban J connectivity index is 1.62. The fraction of sp³-hybridized carbons (Fsp3) is 0.263. The molecule has 4 rings (SSSR count). The minimum Gasteiger partial charge on any atom is -0.454 e. The minimum atomic E-state index is -0.0248. The quantitative estimate of drug-likeness (QED) is 0.342. The van der Waals surface area contributed by atoms with Crippen LogP contribution in [0.5, 0.6) is 11.5 Å². The van der Waals surface area contributed by atoms with Gasteiger partial charge in [0.25, 0.3) is 0 Å². The van der Waals surface area contributed by atoms with Gasteiger partial charge in [-0.25, -0.2) is 9.55 Å². The molecule has 1 aliphatic heterocycles. The highest BCUT2D eigenvalue weighted by atomic mass is 16.7. The molecular formula is C19H20N3O4+. The number of carbonyl (C=O) groups excluding carboxylic acids is 1. The number of anilines is 1. The van der Waals surface area contributed by atoms with Crippen LogP contribution >= 0.6 is 0 Å². The number of carbonyl (C=O) groups is 1. The number of hydrogen-bond acceptors (Lipinski definition) is 5. The lowest BCUT2D eigenvalue weighted by Gasteiger charge is -2.05. The fourth-order valence-electron chi connectivity index (χ4n) is 3.02. The van der Waals surface area contributed by atoms with Gasteiger partial charge in [-0.1, -0.05) is 12.1 Å². The molecule has 3 aromatic rings. The van der Waals surface area contributed by atoms with Gasteiger partial charge in [0.1, 0.15) is 17.6 Å². The fourth-order valence-corrected chi connectivity index (χ4v) is 3.02. The number of benzene rings is 2. The van der Waals surface area contributed by atoms with Gasteiger partial charge >= 0.3 is 5.95 Å². The number of fused-ring (bicyclic) bond motifs is 2. The zero-order chi connectivity index (χ0) is 17.9. The molecule has 0 bridgehead atoms. The molecule has 0 radical (unpaired) electrons. The first-order valence-electron chi connectivity index (χ1n) is 8.54. The van der Waals surface area contributed by atoms with Crippen LogP contribution in [0.1, 0.15) is 16.8 Å². The summed E-state index contributed by atoms with van der Waals surface area (Å²) in [6, 6.07) is 13.1. The van der Waals surface area contributed by atoms with Gasteiger partial charge in [0, 0.05) is 18.6 Å². The number of ketones is 1. The minimum absolute atomic E-state index is 0.0248. The number of aliphatic hydroxyl groups excluding tert-OH is 1. The number of nitrogens with zero attached hydrogens (tertiary/aromatic N) is 1. The van der Waals surface area contributed by atoms with Gasteiger partial charge in [0.2, 0.25) is 6.79 Å². The number of H-pyrrole nitrogens is 1. The smallest absolute Gasteiger partial charge is 0.356 e. The van der Waals surface area contributed by atoms with Crippen LogP contribution in [0, 0.1) is 0 Å². The number of ether oxygens (including phenoxy) is 2. The number of rotatable bonds is 7. The van der Waals surface area contributed by atoms with Gasteiger partial charge in [0.05, 0.1) is 6.54 Å². The number of imidazole rings is 1. The van der Waals surface area contributed by atoms with Gasteiger partial charge in [-0.2, -0.15) is 0 Å². The highest BCUT2D eigenvalue weighted by Gasteiger charge is 2.22. The molecule has 2 heterocycles. The Kier molecular flexibility index (Phi) is 4.45. The van der Waals surface area contributed by atoms with Crippen LogP contribution in [-0.2, 0) is 6.54 Å². The third kappa shape index (κ3) is 3.09. The van der Waals surface area contributed by atoms with E-state index in [2.05, 4.69) is 10.3 Å². The summed E-state index contributed by atoms with van der Waals surface area (Å²) in [5.41, 5.74) is 2.46. The molecule has 2 aromatic carbocycles. The monoisotopic (exact) mass is 354 g/mol. The Morgan fingerprint density at radius 3 is 2.92 bits per heavy atom. The Bertz CT molecular complexity index is 951. The van der Waals surface area contributed by atoms with E-state index in [0.29, 0.717) is 30.0 Å². The van der Waals surface area contributed by atoms with Crippen LogP contribution in [-0.4, -0.2) is 35.8 Å². The molecule has 0 unspecified atom stereocenters. The number of para-hydroxylation sites is 2. The van der Waals surface area contributed by atoms with E-state index in [-0.39, 0.29) is 25.7 Å². The second-order valence-corrected chi connectivity index (χ2v) is 6.07. The predicted molar refractivity (Wildman–Crippen MR) is 95.6 cm³/mol. The average Bonchev–Trinajstić information content (AvgIpc) is 3.26. The maximum Gasteiger partial charge on any atom is 0.356 e. The van der Waals surface area contributed by atoms with E-state index >= 15 is 0 Å². The van der Waals surface area contributed by atoms with E-state index in [4.69, 9.17) is 14.6 Å². The molecule has 7 nitrogen and oxygen atoms in total. The molecule has 1 aliphatic rings. The molecule has 0 amide bonds. The van der Waals surface area contributed by atoms with Crippen molar-refractivity contribution in [3.05, 3.63) is 48.0 Å². The molecular weight excluding hydrogens is 334 g/mol. The van der Waals surface area contributed by atoms with E-state index in [1.807, 2.05) is 28.8 Å². The molecule has 0 fully saturated rings. The van der Waals surface area contributed by atoms with Crippen molar-refractivity contribution in [1.82, 2.24) is 4.98 Å². The van der Waals surface area contributed by atoms with Crippen molar-refractivity contribution in [2.45, 2.75) is 13.0 Å². The van der Waals surface area contributed by atoms with Crippen molar-refractivity contribution in [2.24, 2.45) is 0 Å². The molecule has 1 aromatic heterocycles. The van der Waals surface area contributed by atoms with Crippen molar-refractivity contribution in [1.29, 1.82) is 0 Å². The van der Waals surface area contributed by atoms with E-state index < -0.39 is 0 Å². The topological polar surface area (TPSA) is 87.5 Å². The summed E-state index contributed by atoms with van der Waals surface area (Å²) < 4.78 is 12.6. The molecule has 26 heavy (non-hydrogen) atoms. The molecule has 0 spiro atoms. The number of aliphatic hydroxyl groups is 1. The molecule has 0 saturated carbocycles. The Morgan fingerprint density at radius 2 is 2.04 bits per heavy atom. The first-order chi connectivity index (χ1) is 12.8. The van der Waals surface area contributed by atoms with E-state index in [0.717, 1.165) is 17.0 Å². The Labute approximate surface area is 150 Å². The van der Waals surface area contributed by atoms with Crippen LogP contribution < -0.4 is 19.4 Å². The normalized spacial score (nSPS) is 12.5. The van der Waals surface area contributed by atoms with Gasteiger partial charge < -0.3 is 14.6 Å². The summed E-state index contributed by atoms with van der Waals surface area (Å²) in [5.74, 6) is 1.98. The summed E-state index contributed by atoms with van der Waals surface area (Å²) in [4.78, 5) is 16.1. The van der Waals surface area contributed by atoms with Crippen molar-refractivity contribution in [3.63, 3.8) is 0 Å². The maximum absolute atomic E-state index is 12.8. The van der Waals surface area contributed by atoms with Crippen molar-refractivity contribution in [3.8, 4) is 11.5 Å². The maximum atomic E-state index is 12.8. The summed E-state index contributed by atoms with van der Waals surface area (Å²) in [6.45, 7) is 1.10. The van der Waals surface area contributed by atoms with Crippen LogP contribution in [0.15, 0.2) is 42.5 Å². The first kappa shape index (κ1) is 16.4. The van der Waals surface area contributed by atoms with E-state index in [1.54, 1.807) is 18.2 Å². The molecule has 0 atom stereocenters. The van der Waals surface area contributed by atoms with Crippen molar-refractivity contribution < 1.29 is 23.9 Å². The second kappa shape index (κ2) is 7.05. The zero-order valence-corrected chi connectivity index (χ0v) is 14.2. The van der Waals surface area contributed by atoms with Crippen molar-refractivity contribution in [2.75, 3.05) is 25.3 Å². The van der Waals surface area contributed by atoms with Gasteiger partial charge in [-0.05, 0) is 30.3 Å². The molecule has 0 aliphatic carbocycles. The number of aromatic amines is 1. The molecule has 134 valence electrons. The highest BCUT2D eigenvalue weighted by Crippen LogP contribution is 2.32. The Hall–Kier alpha value is -3.06. The highest BCUT2D eigenvalue weighted by molar-refractivity contribution is 5.96. The number of nitrogens with one attached hydrogen (secondary N) is 2. The SMILES string of the molecule is O=C(C[n+]1c(NCCCO)[nH]c2ccccc21)c1ccc2c(c1)OCO2. The van der Waals surface area contributed by atoms with E-state index in [9.17, 15) is 4.79 Å². The van der Waals surface area contributed by atoms with Crippen LogP contribution in [0.2, 0.25) is 0 Å². The number of Topliss-reactive ketones (excluding diaryl/α,β-unsaturated/α-hetero) is 1. The lowest BCUT2D eigenvalue weighted by Crippen LogP contribution is -2.40. The number of hydrogen-bond donors (Lipinski definition) is 3. The predicted octanol–water partition coefficient (Wildman–Crippen LogP) is 1.86. The number of aromatic nitrogens is 2. The molecule has 7 heteroatoms. The molecule has 0 saturated heterocycles. The lowest BCUT2D eigenvalue weighted by atomic mass is 10.1. The second-order valence-electron chi connectivity index (χ2n) is 6.07. The van der Waals surface area contributed by atoms with Gasteiger partial charge in [-0.3, -0.25) is 10.1 Å². The first-order valence-corrected chi connectivity index (χ1v) is 8.54. The summed E-state index contributed by atoms with van der Waals surface area (Å²) in [7, 11) is 0. The standard InChI is InChI=1S/C19H19N3O4/c23-9-3-8-20-19-21-14-4-1-2-5-15(14)22(19)11-16(24)13-6-7-17-18(10-13)26-12-25-17/h1-2,4-7,10,23H,3,8-9,11-12H2,(H,20,21)/p+1. The van der Waals surface area contributed by atoms with Crippen LogP contribution in [0.3, 0.4) is 0 Å². The average molecular weight is 354 g/mol. The lowest BCUT2D eigenvalue weighted by molar-refractivity contribution is -0.642. The van der Waals surface area contributed by atoms with Crippen molar-refractivity contribution >= 4 is 22.8 Å². The third-order valence-electron chi connectivity index (χ3n) is 4.34. The summed E-state index contributed by atoms with van der Waals surface area (Å²) in [6.07, 6.45) is 0.630. The van der Waals surface area contributed by atoms with Gasteiger partial charge in [0.15, 0.2) is 17.3 Å². The van der Waals surface area contributed by atoms with Gasteiger partial charge in [-0.15, -0.1) is 0 Å².